The summed E-state index contributed by atoms with van der Waals surface area (Å²) in [4.78, 5) is 28.7. The van der Waals surface area contributed by atoms with Gasteiger partial charge in [0.25, 0.3) is 0 Å². The topological polar surface area (TPSA) is 96.1 Å². The van der Waals surface area contributed by atoms with Gasteiger partial charge in [0.05, 0.1) is 21.2 Å². The molecule has 0 saturated carbocycles. The van der Waals surface area contributed by atoms with Gasteiger partial charge in [0, 0.05) is 9.75 Å². The lowest BCUT2D eigenvalue weighted by molar-refractivity contribution is 0.0902. The quantitative estimate of drug-likeness (QED) is 0.452. The van der Waals surface area contributed by atoms with Crippen LogP contribution in [0.25, 0.3) is 0 Å². The molecule has 3 heterocycles. The van der Waals surface area contributed by atoms with Crippen molar-refractivity contribution in [2.75, 3.05) is 0 Å². The molecule has 0 aromatic carbocycles. The Hall–Kier alpha value is -3.04. The summed E-state index contributed by atoms with van der Waals surface area (Å²) in [7, 11) is 0. The lowest BCUT2D eigenvalue weighted by Gasteiger charge is -2.00. The lowest BCUT2D eigenvalue weighted by Crippen LogP contribution is -2.20. The second kappa shape index (κ2) is 8.97. The largest absolute Gasteiger partial charge is 0.446 e. The van der Waals surface area contributed by atoms with Gasteiger partial charge in [-0.05, 0) is 64.1 Å². The van der Waals surface area contributed by atoms with Crippen LogP contribution in [0.3, 0.4) is 0 Å². The first-order valence-corrected chi connectivity index (χ1v) is 10.4. The van der Waals surface area contributed by atoms with Crippen molar-refractivity contribution < 1.29 is 14.0 Å². The number of furan rings is 1. The van der Waals surface area contributed by atoms with Crippen molar-refractivity contribution in [3.05, 3.63) is 67.4 Å². The number of rotatable bonds is 6. The number of nitrogens with one attached hydrogen (secondary N) is 2. The Morgan fingerprint density at radius 2 is 1.17 bits per heavy atom. The molecule has 9 heteroatoms. The van der Waals surface area contributed by atoms with E-state index in [0.717, 1.165) is 19.5 Å². The Balaban J connectivity index is 1.60. The van der Waals surface area contributed by atoms with Crippen LogP contribution in [0.15, 0.2) is 51.0 Å². The molecule has 2 amide bonds. The van der Waals surface area contributed by atoms with Crippen molar-refractivity contribution in [2.45, 2.75) is 27.7 Å². The number of aryl methyl sites for hydroxylation is 2. The molecule has 2 N–H and O–H groups in total. The molecule has 0 radical (unpaired) electrons. The van der Waals surface area contributed by atoms with Crippen molar-refractivity contribution in [2.24, 2.45) is 10.2 Å². The molecule has 0 aliphatic heterocycles. The van der Waals surface area contributed by atoms with Gasteiger partial charge in [-0.2, -0.15) is 10.2 Å². The highest BCUT2D eigenvalue weighted by Gasteiger charge is 2.16. The molecule has 7 nitrogen and oxygen atoms in total. The van der Waals surface area contributed by atoms with E-state index in [2.05, 4.69) is 21.1 Å². The first kappa shape index (κ1) is 20.7. The van der Waals surface area contributed by atoms with Crippen molar-refractivity contribution in [3.63, 3.8) is 0 Å². The summed E-state index contributed by atoms with van der Waals surface area (Å²) in [5.41, 5.74) is 6.25. The highest BCUT2D eigenvalue weighted by atomic mass is 32.1. The van der Waals surface area contributed by atoms with Gasteiger partial charge in [0.1, 0.15) is 0 Å². The molecule has 0 fully saturated rings. The Labute approximate surface area is 176 Å². The third kappa shape index (κ3) is 5.27. The van der Waals surface area contributed by atoms with Crippen LogP contribution in [0.4, 0.5) is 0 Å². The second-order valence-electron chi connectivity index (χ2n) is 6.26. The van der Waals surface area contributed by atoms with E-state index in [1.165, 1.54) is 12.1 Å². The molecule has 0 atom stereocenters. The first-order valence-electron chi connectivity index (χ1n) is 8.76. The lowest BCUT2D eigenvalue weighted by atomic mass is 10.3. The molecule has 3 aromatic rings. The average molecular weight is 429 g/mol. The predicted octanol–water partition coefficient (Wildman–Crippen LogP) is 4.33. The molecule has 3 rings (SSSR count). The van der Waals surface area contributed by atoms with Crippen LogP contribution >= 0.6 is 22.7 Å². The van der Waals surface area contributed by atoms with E-state index in [0.29, 0.717) is 11.4 Å². The monoisotopic (exact) mass is 428 g/mol. The second-order valence-corrected chi connectivity index (χ2v) is 8.84. The predicted molar refractivity (Wildman–Crippen MR) is 116 cm³/mol. The summed E-state index contributed by atoms with van der Waals surface area (Å²) < 4.78 is 5.33. The van der Waals surface area contributed by atoms with Crippen molar-refractivity contribution >= 4 is 45.9 Å². The Morgan fingerprint density at radius 1 is 0.759 bits per heavy atom. The third-order valence-corrected chi connectivity index (χ3v) is 6.12. The SMILES string of the molecule is C/C(=N\NC(=O)c1ccc(C(=O)N/N=C(\C)c2ccc(C)s2)o1)c1ccc(C)s1. The van der Waals surface area contributed by atoms with Crippen molar-refractivity contribution in [1.29, 1.82) is 0 Å². The van der Waals surface area contributed by atoms with Crippen LogP contribution in [-0.4, -0.2) is 23.2 Å². The van der Waals surface area contributed by atoms with Gasteiger partial charge < -0.3 is 4.42 Å². The number of hydrogen-bond donors (Lipinski definition) is 2. The van der Waals surface area contributed by atoms with Gasteiger partial charge in [-0.15, -0.1) is 22.7 Å². The van der Waals surface area contributed by atoms with Crippen LogP contribution in [0, 0.1) is 13.8 Å². The minimum atomic E-state index is -0.537. The molecule has 0 spiro atoms. The Bertz CT molecular complexity index is 1020. The normalized spacial score (nSPS) is 12.1. The third-order valence-electron chi connectivity index (χ3n) is 3.90. The minimum Gasteiger partial charge on any atom is -0.446 e. The fourth-order valence-corrected chi connectivity index (χ4v) is 3.95. The van der Waals surface area contributed by atoms with E-state index in [1.807, 2.05) is 52.0 Å². The zero-order valence-electron chi connectivity index (χ0n) is 16.4. The average Bonchev–Trinajstić information content (AvgIpc) is 3.44. The molecule has 0 aliphatic carbocycles. The molecule has 0 bridgehead atoms. The smallest absolute Gasteiger partial charge is 0.307 e. The molecule has 29 heavy (non-hydrogen) atoms. The number of carbonyl (C=O) groups excluding carboxylic acids is 2. The number of thiophene rings is 2. The molecule has 150 valence electrons. The van der Waals surface area contributed by atoms with E-state index in [1.54, 1.807) is 22.7 Å². The van der Waals surface area contributed by atoms with Gasteiger partial charge in [-0.25, -0.2) is 10.9 Å². The summed E-state index contributed by atoms with van der Waals surface area (Å²) in [6.45, 7) is 7.62. The maximum Gasteiger partial charge on any atom is 0.307 e. The van der Waals surface area contributed by atoms with Gasteiger partial charge in [-0.1, -0.05) is 0 Å². The fourth-order valence-electron chi connectivity index (χ4n) is 2.33. The highest BCUT2D eigenvalue weighted by Crippen LogP contribution is 2.17. The van der Waals surface area contributed by atoms with Gasteiger partial charge >= 0.3 is 11.8 Å². The number of hydrogen-bond acceptors (Lipinski definition) is 7. The van der Waals surface area contributed by atoms with E-state index in [4.69, 9.17) is 4.42 Å². The molecule has 0 unspecified atom stereocenters. The first-order chi connectivity index (χ1) is 13.8. The van der Waals surface area contributed by atoms with E-state index in [9.17, 15) is 9.59 Å². The minimum absolute atomic E-state index is 0.0105. The van der Waals surface area contributed by atoms with Crippen LogP contribution in [0.2, 0.25) is 0 Å². The van der Waals surface area contributed by atoms with Crippen molar-refractivity contribution in [1.82, 2.24) is 10.9 Å². The zero-order valence-corrected chi connectivity index (χ0v) is 18.0. The Morgan fingerprint density at radius 3 is 1.52 bits per heavy atom. The molecular weight excluding hydrogens is 408 g/mol. The highest BCUT2D eigenvalue weighted by molar-refractivity contribution is 7.14. The van der Waals surface area contributed by atoms with Gasteiger partial charge in [0.15, 0.2) is 11.5 Å². The maximum atomic E-state index is 12.2. The summed E-state index contributed by atoms with van der Waals surface area (Å²) in [6, 6.07) is 10.7. The van der Waals surface area contributed by atoms with E-state index >= 15 is 0 Å². The molecular formula is C20H20N4O3S2. The summed E-state index contributed by atoms with van der Waals surface area (Å²) >= 11 is 3.18. The fraction of sp³-hybridized carbons (Fsp3) is 0.200. The number of amides is 2. The van der Waals surface area contributed by atoms with Crippen LogP contribution in [-0.2, 0) is 0 Å². The van der Waals surface area contributed by atoms with Gasteiger partial charge in [0.2, 0.25) is 0 Å². The molecule has 0 aliphatic rings. The van der Waals surface area contributed by atoms with Gasteiger partial charge in [-0.3, -0.25) is 9.59 Å². The Kier molecular flexibility index (Phi) is 6.40. The summed E-state index contributed by atoms with van der Waals surface area (Å²) in [5.74, 6) is -1.09. The number of carbonyl (C=O) groups is 2. The molecule has 0 saturated heterocycles. The van der Waals surface area contributed by atoms with E-state index in [-0.39, 0.29) is 11.5 Å². The van der Waals surface area contributed by atoms with Crippen LogP contribution < -0.4 is 10.9 Å². The standard InChI is InChI=1S/C20H20N4O3S2/c1-11-5-9-17(28-11)13(3)21-23-19(25)15-7-8-16(27-15)20(26)24-22-14(4)18-10-6-12(2)29-18/h5-10H,1-4H3,(H,23,25)(H,24,26)/b21-13+,22-14+. The van der Waals surface area contributed by atoms with Crippen LogP contribution in [0.5, 0.6) is 0 Å². The number of nitrogens with zero attached hydrogens (tertiary/aromatic N) is 2. The zero-order chi connectivity index (χ0) is 21.0. The summed E-state index contributed by atoms with van der Waals surface area (Å²) in [5, 5.41) is 8.16. The number of hydrazone groups is 2. The summed E-state index contributed by atoms with van der Waals surface area (Å²) in [6.07, 6.45) is 0. The maximum absolute atomic E-state index is 12.2. The van der Waals surface area contributed by atoms with E-state index < -0.39 is 11.8 Å². The van der Waals surface area contributed by atoms with Crippen LogP contribution in [0.1, 0.15) is 54.5 Å². The molecule has 3 aromatic heterocycles. The van der Waals surface area contributed by atoms with Crippen molar-refractivity contribution in [3.8, 4) is 0 Å².